The van der Waals surface area contributed by atoms with Gasteiger partial charge in [-0.05, 0) is 44.2 Å². The maximum Gasteiger partial charge on any atom is 0.248 e. The Morgan fingerprint density at radius 1 is 1.26 bits per heavy atom. The number of carbonyl (C=O) groups is 1. The fourth-order valence-electron chi connectivity index (χ4n) is 2.54. The minimum absolute atomic E-state index is 0.236. The Hall–Kier alpha value is -2.93. The molecule has 7 heteroatoms. The Balaban J connectivity index is 1.62. The van der Waals surface area contributed by atoms with E-state index in [1.807, 2.05) is 45.2 Å². The van der Waals surface area contributed by atoms with Crippen molar-refractivity contribution in [2.24, 2.45) is 7.05 Å². The molecule has 0 radical (unpaired) electrons. The Morgan fingerprint density at radius 2 is 2.07 bits per heavy atom. The van der Waals surface area contributed by atoms with Crippen molar-refractivity contribution >= 4 is 33.6 Å². The second-order valence-corrected chi connectivity index (χ2v) is 6.89. The van der Waals surface area contributed by atoms with Crippen molar-refractivity contribution < 1.29 is 9.53 Å². The molecule has 0 aliphatic heterocycles. The Bertz CT molecular complexity index is 994. The first kappa shape index (κ1) is 18.8. The number of aromatic nitrogens is 3. The Labute approximate surface area is 166 Å². The van der Waals surface area contributed by atoms with E-state index >= 15 is 0 Å². The summed E-state index contributed by atoms with van der Waals surface area (Å²) in [5.41, 5.74) is 3.43. The van der Waals surface area contributed by atoms with Gasteiger partial charge in [0.2, 0.25) is 11.8 Å². The van der Waals surface area contributed by atoms with Crippen molar-refractivity contribution in [3.8, 4) is 11.6 Å². The van der Waals surface area contributed by atoms with E-state index in [0.717, 1.165) is 21.4 Å². The van der Waals surface area contributed by atoms with Crippen molar-refractivity contribution in [2.75, 3.05) is 5.32 Å². The van der Waals surface area contributed by atoms with Gasteiger partial charge in [0.25, 0.3) is 0 Å². The number of anilines is 1. The van der Waals surface area contributed by atoms with Crippen molar-refractivity contribution in [1.29, 1.82) is 0 Å². The molecule has 1 N–H and O–H groups in total. The van der Waals surface area contributed by atoms with Gasteiger partial charge >= 0.3 is 0 Å². The van der Waals surface area contributed by atoms with E-state index in [2.05, 4.69) is 31.3 Å². The van der Waals surface area contributed by atoms with Crippen LogP contribution in [0.25, 0.3) is 6.08 Å². The predicted molar refractivity (Wildman–Crippen MR) is 109 cm³/mol. The molecule has 27 heavy (non-hydrogen) atoms. The molecule has 0 saturated carbocycles. The van der Waals surface area contributed by atoms with Gasteiger partial charge in [0.15, 0.2) is 0 Å². The number of rotatable bonds is 5. The summed E-state index contributed by atoms with van der Waals surface area (Å²) in [6.45, 7) is 3.88. The van der Waals surface area contributed by atoms with Crippen molar-refractivity contribution in [1.82, 2.24) is 14.8 Å². The molecule has 0 aliphatic carbocycles. The highest BCUT2D eigenvalue weighted by atomic mass is 79.9. The van der Waals surface area contributed by atoms with Gasteiger partial charge in [-0.1, -0.05) is 22.0 Å². The maximum atomic E-state index is 12.1. The summed E-state index contributed by atoms with van der Waals surface area (Å²) >= 11 is 3.40. The first-order chi connectivity index (χ1) is 12.9. The van der Waals surface area contributed by atoms with E-state index in [1.165, 1.54) is 6.08 Å². The van der Waals surface area contributed by atoms with Gasteiger partial charge in [-0.15, -0.1) is 0 Å². The normalized spacial score (nSPS) is 11.0. The number of halogens is 1. The molecule has 2 heterocycles. The van der Waals surface area contributed by atoms with Crippen molar-refractivity contribution in [3.05, 3.63) is 70.1 Å². The van der Waals surface area contributed by atoms with Crippen molar-refractivity contribution in [3.63, 3.8) is 0 Å². The number of pyridine rings is 1. The van der Waals surface area contributed by atoms with Crippen LogP contribution in [0.15, 0.2) is 53.1 Å². The van der Waals surface area contributed by atoms with Crippen LogP contribution in [0, 0.1) is 13.8 Å². The number of amides is 1. The third kappa shape index (κ3) is 4.83. The number of ether oxygens (including phenoxy) is 1. The average molecular weight is 427 g/mol. The molecule has 0 unspecified atom stereocenters. The number of aryl methyl sites for hydroxylation is 2. The molecule has 0 spiro atoms. The first-order valence-corrected chi connectivity index (χ1v) is 9.10. The van der Waals surface area contributed by atoms with Gasteiger partial charge in [0, 0.05) is 34.9 Å². The number of benzene rings is 1. The summed E-state index contributed by atoms with van der Waals surface area (Å²) in [4.78, 5) is 16.4. The van der Waals surface area contributed by atoms with E-state index in [-0.39, 0.29) is 5.91 Å². The summed E-state index contributed by atoms with van der Waals surface area (Å²) in [6.07, 6.45) is 4.81. The van der Waals surface area contributed by atoms with E-state index < -0.39 is 0 Å². The molecule has 1 aromatic carbocycles. The molecule has 2 aromatic heterocycles. The minimum Gasteiger partial charge on any atom is -0.439 e. The van der Waals surface area contributed by atoms with Gasteiger partial charge in [-0.3, -0.25) is 9.48 Å². The highest BCUT2D eigenvalue weighted by Gasteiger charge is 2.07. The molecule has 0 aliphatic rings. The summed E-state index contributed by atoms with van der Waals surface area (Å²) < 4.78 is 8.39. The maximum absolute atomic E-state index is 12.1. The molecule has 0 saturated heterocycles. The zero-order valence-corrected chi connectivity index (χ0v) is 16.8. The van der Waals surface area contributed by atoms with Gasteiger partial charge < -0.3 is 10.1 Å². The second-order valence-electron chi connectivity index (χ2n) is 5.98. The van der Waals surface area contributed by atoms with E-state index in [9.17, 15) is 4.79 Å². The van der Waals surface area contributed by atoms with Crippen LogP contribution in [0.3, 0.4) is 0 Å². The largest absolute Gasteiger partial charge is 0.439 e. The molecule has 138 valence electrons. The molecular weight excluding hydrogens is 408 g/mol. The van der Waals surface area contributed by atoms with Gasteiger partial charge in [-0.25, -0.2) is 4.98 Å². The lowest BCUT2D eigenvalue weighted by atomic mass is 10.2. The van der Waals surface area contributed by atoms with Crippen LogP contribution in [0.2, 0.25) is 0 Å². The van der Waals surface area contributed by atoms with Gasteiger partial charge in [0.05, 0.1) is 17.6 Å². The smallest absolute Gasteiger partial charge is 0.248 e. The molecular formula is C20H19BrN4O2. The monoisotopic (exact) mass is 426 g/mol. The molecule has 0 bridgehead atoms. The lowest BCUT2D eigenvalue weighted by Gasteiger charge is -2.06. The molecule has 3 aromatic rings. The highest BCUT2D eigenvalue weighted by molar-refractivity contribution is 9.10. The van der Waals surface area contributed by atoms with E-state index in [1.54, 1.807) is 29.1 Å². The summed E-state index contributed by atoms with van der Waals surface area (Å²) in [7, 11) is 1.88. The fraction of sp³-hybridized carbons (Fsp3) is 0.150. The summed E-state index contributed by atoms with van der Waals surface area (Å²) in [5.74, 6) is 0.891. The zero-order chi connectivity index (χ0) is 19.4. The zero-order valence-electron chi connectivity index (χ0n) is 15.2. The Kier molecular flexibility index (Phi) is 5.71. The number of nitrogens with one attached hydrogen (secondary N) is 1. The molecule has 0 atom stereocenters. The number of hydrogen-bond donors (Lipinski definition) is 1. The van der Waals surface area contributed by atoms with Crippen LogP contribution in [-0.2, 0) is 11.8 Å². The lowest BCUT2D eigenvalue weighted by molar-refractivity contribution is -0.111. The first-order valence-electron chi connectivity index (χ1n) is 8.31. The number of hydrogen-bond acceptors (Lipinski definition) is 4. The lowest BCUT2D eigenvalue weighted by Crippen LogP contribution is -2.08. The Morgan fingerprint density at radius 3 is 2.70 bits per heavy atom. The molecule has 1 amide bonds. The predicted octanol–water partition coefficient (Wildman–Crippen LogP) is 4.64. The topological polar surface area (TPSA) is 69.0 Å². The quantitative estimate of drug-likeness (QED) is 0.603. The van der Waals surface area contributed by atoms with E-state index in [0.29, 0.717) is 17.3 Å². The van der Waals surface area contributed by atoms with Gasteiger partial charge in [-0.2, -0.15) is 5.10 Å². The average Bonchev–Trinajstić information content (AvgIpc) is 2.87. The van der Waals surface area contributed by atoms with Crippen LogP contribution < -0.4 is 10.1 Å². The van der Waals surface area contributed by atoms with E-state index in [4.69, 9.17) is 4.74 Å². The third-order valence-electron chi connectivity index (χ3n) is 3.99. The molecule has 0 fully saturated rings. The second kappa shape index (κ2) is 8.18. The fourth-order valence-corrected chi connectivity index (χ4v) is 2.92. The molecule has 6 nitrogen and oxygen atoms in total. The van der Waals surface area contributed by atoms with Gasteiger partial charge in [0.1, 0.15) is 5.75 Å². The van der Waals surface area contributed by atoms with Crippen LogP contribution in [0.4, 0.5) is 5.69 Å². The summed E-state index contributed by atoms with van der Waals surface area (Å²) in [5, 5.41) is 7.11. The SMILES string of the molecule is Cc1nn(C)c(C)c1/C=C/C(=O)Nc1ccc(Oc2cccc(Br)c2)nc1. The summed E-state index contributed by atoms with van der Waals surface area (Å²) in [6, 6.07) is 10.9. The van der Waals surface area contributed by atoms with Crippen LogP contribution in [0.1, 0.15) is 17.0 Å². The standard InChI is InChI=1S/C20H19BrN4O2/c1-13-18(14(2)25(3)24-13)8-9-19(26)23-16-7-10-20(22-12-16)27-17-6-4-5-15(21)11-17/h4-12H,1-3H3,(H,23,26)/b9-8+. The molecule has 3 rings (SSSR count). The highest BCUT2D eigenvalue weighted by Crippen LogP contribution is 2.23. The van der Waals surface area contributed by atoms with Crippen LogP contribution in [-0.4, -0.2) is 20.7 Å². The van der Waals surface area contributed by atoms with Crippen molar-refractivity contribution in [2.45, 2.75) is 13.8 Å². The number of nitrogens with zero attached hydrogens (tertiary/aromatic N) is 3. The third-order valence-corrected chi connectivity index (χ3v) is 4.48. The van der Waals surface area contributed by atoms with Crippen LogP contribution >= 0.6 is 15.9 Å². The number of carbonyl (C=O) groups excluding carboxylic acids is 1. The van der Waals surface area contributed by atoms with Crippen LogP contribution in [0.5, 0.6) is 11.6 Å². The minimum atomic E-state index is -0.236.